The number of carbonyl (C=O) groups is 1. The van der Waals surface area contributed by atoms with Crippen molar-refractivity contribution in [2.75, 3.05) is 26.2 Å². The highest BCUT2D eigenvalue weighted by atomic mass is 16.5. The van der Waals surface area contributed by atoms with E-state index in [9.17, 15) is 4.79 Å². The van der Waals surface area contributed by atoms with Crippen LogP contribution in [0.1, 0.15) is 35.2 Å². The van der Waals surface area contributed by atoms with Gasteiger partial charge in [0.25, 0.3) is 0 Å². The molecule has 1 saturated carbocycles. The minimum atomic E-state index is 0.264. The number of benzene rings is 1. The van der Waals surface area contributed by atoms with Crippen molar-refractivity contribution in [2.45, 2.75) is 25.7 Å². The average Bonchev–Trinajstić information content (AvgIpc) is 3.11. The first-order chi connectivity index (χ1) is 9.79. The van der Waals surface area contributed by atoms with Crippen LogP contribution in [-0.4, -0.2) is 36.9 Å². The molecule has 106 valence electrons. The summed E-state index contributed by atoms with van der Waals surface area (Å²) in [5, 5.41) is 0. The van der Waals surface area contributed by atoms with E-state index >= 15 is 0 Å². The summed E-state index contributed by atoms with van der Waals surface area (Å²) >= 11 is 0. The summed E-state index contributed by atoms with van der Waals surface area (Å²) < 4.78 is 5.50. The molecule has 1 aliphatic carbocycles. The maximum atomic E-state index is 12.4. The van der Waals surface area contributed by atoms with E-state index in [1.807, 2.05) is 18.2 Å². The van der Waals surface area contributed by atoms with Gasteiger partial charge in [0, 0.05) is 25.1 Å². The van der Waals surface area contributed by atoms with Gasteiger partial charge in [-0.25, -0.2) is 0 Å². The number of Topliss-reactive ketones (excluding diaryl/α,β-unsaturated/α-hetero) is 1. The van der Waals surface area contributed by atoms with Crippen LogP contribution in [0.25, 0.3) is 0 Å². The molecule has 0 aromatic heterocycles. The van der Waals surface area contributed by atoms with Gasteiger partial charge in [-0.15, -0.1) is 0 Å². The Morgan fingerprint density at radius 2 is 2.05 bits per heavy atom. The molecular formula is C17H21NO2. The Bertz CT molecular complexity index is 528. The Balaban J connectivity index is 1.43. The van der Waals surface area contributed by atoms with Crippen molar-refractivity contribution in [3.63, 3.8) is 0 Å². The SMILES string of the molecule is O=C(CN1CC2CCCC2C1)c1ccc2c(c1)CCO2. The van der Waals surface area contributed by atoms with Crippen LogP contribution in [0.15, 0.2) is 18.2 Å². The Kier molecular flexibility index (Phi) is 3.03. The molecule has 0 radical (unpaired) electrons. The molecule has 1 saturated heterocycles. The second-order valence-corrected chi connectivity index (χ2v) is 6.49. The van der Waals surface area contributed by atoms with Crippen LogP contribution in [-0.2, 0) is 6.42 Å². The normalized spacial score (nSPS) is 28.2. The van der Waals surface area contributed by atoms with Crippen LogP contribution >= 0.6 is 0 Å². The molecular weight excluding hydrogens is 250 g/mol. The third-order valence-corrected chi connectivity index (χ3v) is 5.18. The molecule has 0 N–H and O–H groups in total. The van der Waals surface area contributed by atoms with E-state index < -0.39 is 0 Å². The van der Waals surface area contributed by atoms with Crippen molar-refractivity contribution in [2.24, 2.45) is 11.8 Å². The maximum Gasteiger partial charge on any atom is 0.176 e. The monoisotopic (exact) mass is 271 g/mol. The summed E-state index contributed by atoms with van der Waals surface area (Å²) in [6, 6.07) is 5.90. The number of ether oxygens (including phenoxy) is 1. The number of rotatable bonds is 3. The Labute approximate surface area is 119 Å². The number of hydrogen-bond acceptors (Lipinski definition) is 3. The number of ketones is 1. The lowest BCUT2D eigenvalue weighted by Gasteiger charge is -2.15. The van der Waals surface area contributed by atoms with Crippen LogP contribution in [0.2, 0.25) is 0 Å². The third kappa shape index (κ3) is 2.14. The molecule has 3 heteroatoms. The van der Waals surface area contributed by atoms with Crippen molar-refractivity contribution in [3.05, 3.63) is 29.3 Å². The molecule has 0 amide bonds. The van der Waals surface area contributed by atoms with Gasteiger partial charge in [0.05, 0.1) is 13.2 Å². The topological polar surface area (TPSA) is 29.5 Å². The first-order valence-electron chi connectivity index (χ1n) is 7.81. The fraction of sp³-hybridized carbons (Fsp3) is 0.588. The molecule has 2 unspecified atom stereocenters. The van der Waals surface area contributed by atoms with E-state index in [2.05, 4.69) is 4.90 Å². The van der Waals surface area contributed by atoms with Gasteiger partial charge in [-0.2, -0.15) is 0 Å². The van der Waals surface area contributed by atoms with Crippen LogP contribution in [0.4, 0.5) is 0 Å². The minimum Gasteiger partial charge on any atom is -0.493 e. The average molecular weight is 271 g/mol. The van der Waals surface area contributed by atoms with Gasteiger partial charge in [0.15, 0.2) is 5.78 Å². The molecule has 4 rings (SSSR count). The fourth-order valence-corrected chi connectivity index (χ4v) is 4.12. The van der Waals surface area contributed by atoms with E-state index in [1.54, 1.807) is 0 Å². The summed E-state index contributed by atoms with van der Waals surface area (Å²) in [6.45, 7) is 3.60. The molecule has 0 spiro atoms. The number of carbonyl (C=O) groups excluding carboxylic acids is 1. The molecule has 0 bridgehead atoms. The summed E-state index contributed by atoms with van der Waals surface area (Å²) in [5.41, 5.74) is 2.04. The highest BCUT2D eigenvalue weighted by Gasteiger charge is 2.36. The minimum absolute atomic E-state index is 0.264. The highest BCUT2D eigenvalue weighted by Crippen LogP contribution is 2.37. The molecule has 2 heterocycles. The van der Waals surface area contributed by atoms with Crippen molar-refractivity contribution >= 4 is 5.78 Å². The van der Waals surface area contributed by atoms with Crippen LogP contribution in [0, 0.1) is 11.8 Å². The zero-order valence-electron chi connectivity index (χ0n) is 11.8. The van der Waals surface area contributed by atoms with Gasteiger partial charge in [-0.05, 0) is 48.4 Å². The Morgan fingerprint density at radius 3 is 2.85 bits per heavy atom. The molecule has 1 aromatic rings. The second kappa shape index (κ2) is 4.88. The highest BCUT2D eigenvalue weighted by molar-refractivity contribution is 5.98. The lowest BCUT2D eigenvalue weighted by Crippen LogP contribution is -2.28. The van der Waals surface area contributed by atoms with Crippen molar-refractivity contribution in [1.82, 2.24) is 4.90 Å². The van der Waals surface area contributed by atoms with Gasteiger partial charge in [0.1, 0.15) is 5.75 Å². The van der Waals surface area contributed by atoms with E-state index in [0.717, 1.165) is 49.3 Å². The first kappa shape index (κ1) is 12.4. The summed E-state index contributed by atoms with van der Waals surface area (Å²) in [5.74, 6) is 2.93. The quantitative estimate of drug-likeness (QED) is 0.791. The molecule has 2 aliphatic heterocycles. The number of fused-ring (bicyclic) bond motifs is 2. The van der Waals surface area contributed by atoms with Gasteiger partial charge in [-0.1, -0.05) is 6.42 Å². The maximum absolute atomic E-state index is 12.4. The number of likely N-dealkylation sites (tertiary alicyclic amines) is 1. The van der Waals surface area contributed by atoms with Crippen molar-refractivity contribution < 1.29 is 9.53 Å². The number of hydrogen-bond donors (Lipinski definition) is 0. The first-order valence-corrected chi connectivity index (χ1v) is 7.81. The summed E-state index contributed by atoms with van der Waals surface area (Å²) in [6.07, 6.45) is 5.06. The number of nitrogens with zero attached hydrogens (tertiary/aromatic N) is 1. The Morgan fingerprint density at radius 1 is 1.25 bits per heavy atom. The van der Waals surface area contributed by atoms with Crippen molar-refractivity contribution in [1.29, 1.82) is 0 Å². The van der Waals surface area contributed by atoms with Gasteiger partial charge < -0.3 is 4.74 Å². The summed E-state index contributed by atoms with van der Waals surface area (Å²) in [7, 11) is 0. The van der Waals surface area contributed by atoms with Crippen LogP contribution < -0.4 is 4.74 Å². The van der Waals surface area contributed by atoms with Gasteiger partial charge in [0.2, 0.25) is 0 Å². The molecule has 2 atom stereocenters. The van der Waals surface area contributed by atoms with E-state index in [0.29, 0.717) is 6.54 Å². The predicted molar refractivity (Wildman–Crippen MR) is 77.2 cm³/mol. The van der Waals surface area contributed by atoms with E-state index in [-0.39, 0.29) is 5.78 Å². The lowest BCUT2D eigenvalue weighted by atomic mass is 10.0. The molecule has 20 heavy (non-hydrogen) atoms. The smallest absolute Gasteiger partial charge is 0.176 e. The second-order valence-electron chi connectivity index (χ2n) is 6.49. The molecule has 3 nitrogen and oxygen atoms in total. The van der Waals surface area contributed by atoms with Crippen LogP contribution in [0.3, 0.4) is 0 Å². The van der Waals surface area contributed by atoms with E-state index in [4.69, 9.17) is 4.74 Å². The van der Waals surface area contributed by atoms with Crippen LogP contribution in [0.5, 0.6) is 5.75 Å². The molecule has 3 aliphatic rings. The van der Waals surface area contributed by atoms with E-state index in [1.165, 1.54) is 24.8 Å². The third-order valence-electron chi connectivity index (χ3n) is 5.18. The fourth-order valence-electron chi connectivity index (χ4n) is 4.12. The zero-order valence-corrected chi connectivity index (χ0v) is 11.8. The van der Waals surface area contributed by atoms with Gasteiger partial charge >= 0.3 is 0 Å². The Hall–Kier alpha value is -1.35. The largest absolute Gasteiger partial charge is 0.493 e. The predicted octanol–water partition coefficient (Wildman–Crippen LogP) is 2.54. The lowest BCUT2D eigenvalue weighted by molar-refractivity contribution is 0.0941. The standard InChI is InChI=1S/C17H21NO2/c19-16(11-18-9-14-2-1-3-15(14)10-18)12-4-5-17-13(8-12)6-7-20-17/h4-5,8,14-15H,1-3,6-7,9-11H2. The zero-order chi connectivity index (χ0) is 13.5. The van der Waals surface area contributed by atoms with Crippen molar-refractivity contribution in [3.8, 4) is 5.75 Å². The molecule has 1 aromatic carbocycles. The summed E-state index contributed by atoms with van der Waals surface area (Å²) in [4.78, 5) is 14.8. The van der Waals surface area contributed by atoms with Gasteiger partial charge in [-0.3, -0.25) is 9.69 Å². The molecule has 2 fully saturated rings.